The van der Waals surface area contributed by atoms with Gasteiger partial charge in [-0.2, -0.15) is 4.57 Å². The average Bonchev–Trinajstić information content (AvgIpc) is 2.70. The molecule has 26 heavy (non-hydrogen) atoms. The Bertz CT molecular complexity index is 824. The standard InChI is InChI=1S/C23H25N2O/c1-3-7-19(8-4-1)17-25-16-15-24-23(18-25)26-22-13-11-21(12-14-22)20-9-5-2-6-10-20/h1,3-4,7-8,11-16,18,20H,2,5-6,9-10,17H2/q+1. The topological polar surface area (TPSA) is 26.0 Å². The fourth-order valence-electron chi connectivity index (χ4n) is 3.72. The summed E-state index contributed by atoms with van der Waals surface area (Å²) in [5.74, 6) is 2.18. The van der Waals surface area contributed by atoms with Crippen LogP contribution in [0.1, 0.15) is 49.1 Å². The third-order valence-electron chi connectivity index (χ3n) is 5.12. The van der Waals surface area contributed by atoms with Gasteiger partial charge in [-0.25, -0.2) is 4.98 Å². The summed E-state index contributed by atoms with van der Waals surface area (Å²) in [5.41, 5.74) is 2.70. The molecule has 1 aliphatic carbocycles. The molecule has 3 nitrogen and oxygen atoms in total. The number of hydrogen-bond acceptors (Lipinski definition) is 2. The summed E-state index contributed by atoms with van der Waals surface area (Å²) in [5, 5.41) is 0. The third-order valence-corrected chi connectivity index (χ3v) is 5.12. The first-order chi connectivity index (χ1) is 12.9. The minimum absolute atomic E-state index is 0.619. The Morgan fingerprint density at radius 1 is 0.923 bits per heavy atom. The van der Waals surface area contributed by atoms with Crippen LogP contribution in [0.5, 0.6) is 11.6 Å². The first-order valence-corrected chi connectivity index (χ1v) is 9.54. The summed E-state index contributed by atoms with van der Waals surface area (Å²) in [6.07, 6.45) is 12.4. The average molecular weight is 345 g/mol. The molecule has 3 heteroatoms. The Balaban J connectivity index is 1.43. The molecule has 0 N–H and O–H groups in total. The summed E-state index contributed by atoms with van der Waals surface area (Å²) in [4.78, 5) is 4.35. The number of rotatable bonds is 5. The SMILES string of the molecule is c1ccc(C[n+]2ccnc(Oc3ccc(C4CCCCC4)cc3)c2)cc1. The summed E-state index contributed by atoms with van der Waals surface area (Å²) >= 11 is 0. The van der Waals surface area contributed by atoms with Crippen LogP contribution >= 0.6 is 0 Å². The number of benzene rings is 2. The largest absolute Gasteiger partial charge is 0.434 e. The minimum atomic E-state index is 0.619. The van der Waals surface area contributed by atoms with Gasteiger partial charge in [0, 0.05) is 5.56 Å². The normalized spacial score (nSPS) is 14.9. The highest BCUT2D eigenvalue weighted by Gasteiger charge is 2.15. The molecule has 0 spiro atoms. The Morgan fingerprint density at radius 3 is 2.46 bits per heavy atom. The van der Waals surface area contributed by atoms with E-state index in [9.17, 15) is 0 Å². The van der Waals surface area contributed by atoms with Crippen molar-refractivity contribution in [2.24, 2.45) is 0 Å². The van der Waals surface area contributed by atoms with Crippen LogP contribution in [0.15, 0.2) is 73.2 Å². The Kier molecular flexibility index (Phi) is 5.25. The van der Waals surface area contributed by atoms with Crippen molar-refractivity contribution in [3.8, 4) is 11.6 Å². The van der Waals surface area contributed by atoms with E-state index in [2.05, 4.69) is 58.1 Å². The van der Waals surface area contributed by atoms with Gasteiger partial charge in [-0.15, -0.1) is 0 Å². The number of nitrogens with zero attached hydrogens (tertiary/aromatic N) is 2. The van der Waals surface area contributed by atoms with Crippen LogP contribution in [-0.4, -0.2) is 4.98 Å². The molecular formula is C23H25N2O+. The molecule has 0 radical (unpaired) electrons. The molecular weight excluding hydrogens is 320 g/mol. The molecule has 0 bridgehead atoms. The van der Waals surface area contributed by atoms with E-state index in [-0.39, 0.29) is 0 Å². The Labute approximate surface area is 155 Å². The fraction of sp³-hybridized carbons (Fsp3) is 0.304. The first-order valence-electron chi connectivity index (χ1n) is 9.54. The molecule has 0 amide bonds. The zero-order chi connectivity index (χ0) is 17.6. The highest BCUT2D eigenvalue weighted by molar-refractivity contribution is 5.31. The molecule has 0 aliphatic heterocycles. The number of aromatic nitrogens is 2. The summed E-state index contributed by atoms with van der Waals surface area (Å²) in [7, 11) is 0. The minimum Gasteiger partial charge on any atom is -0.434 e. The van der Waals surface area contributed by atoms with Crippen LogP contribution in [0.4, 0.5) is 0 Å². The van der Waals surface area contributed by atoms with Gasteiger partial charge in [-0.1, -0.05) is 61.7 Å². The van der Waals surface area contributed by atoms with Crippen molar-refractivity contribution in [1.29, 1.82) is 0 Å². The second-order valence-corrected chi connectivity index (χ2v) is 7.06. The van der Waals surface area contributed by atoms with Gasteiger partial charge in [0.1, 0.15) is 5.75 Å². The van der Waals surface area contributed by atoms with E-state index in [0.29, 0.717) is 5.88 Å². The van der Waals surface area contributed by atoms with Gasteiger partial charge in [0.15, 0.2) is 12.7 Å². The number of ether oxygens (including phenoxy) is 1. The van der Waals surface area contributed by atoms with Gasteiger partial charge in [-0.05, 0) is 36.5 Å². The molecule has 1 fully saturated rings. The first kappa shape index (κ1) is 16.8. The van der Waals surface area contributed by atoms with Gasteiger partial charge in [-0.3, -0.25) is 0 Å². The maximum Gasteiger partial charge on any atom is 0.285 e. The van der Waals surface area contributed by atoms with Crippen molar-refractivity contribution in [2.45, 2.75) is 44.6 Å². The quantitative estimate of drug-likeness (QED) is 0.590. The molecule has 1 heterocycles. The van der Waals surface area contributed by atoms with Gasteiger partial charge >= 0.3 is 0 Å². The lowest BCUT2D eigenvalue weighted by molar-refractivity contribution is -0.689. The zero-order valence-electron chi connectivity index (χ0n) is 15.1. The predicted octanol–water partition coefficient (Wildman–Crippen LogP) is 5.26. The van der Waals surface area contributed by atoms with E-state index < -0.39 is 0 Å². The van der Waals surface area contributed by atoms with Gasteiger partial charge in [0.05, 0.1) is 6.20 Å². The molecule has 2 aromatic carbocycles. The Morgan fingerprint density at radius 2 is 1.69 bits per heavy atom. The van der Waals surface area contributed by atoms with Crippen molar-refractivity contribution in [2.75, 3.05) is 0 Å². The summed E-state index contributed by atoms with van der Waals surface area (Å²) in [6, 6.07) is 19.0. The molecule has 1 aromatic heterocycles. The highest BCUT2D eigenvalue weighted by atomic mass is 16.5. The fourth-order valence-corrected chi connectivity index (χ4v) is 3.72. The van der Waals surface area contributed by atoms with Gasteiger partial charge in [0.25, 0.3) is 5.88 Å². The maximum absolute atomic E-state index is 5.97. The lowest BCUT2D eigenvalue weighted by Crippen LogP contribution is -2.33. The molecule has 132 valence electrons. The van der Waals surface area contributed by atoms with Crippen LogP contribution in [0.25, 0.3) is 0 Å². The van der Waals surface area contributed by atoms with E-state index in [1.165, 1.54) is 43.2 Å². The smallest absolute Gasteiger partial charge is 0.285 e. The summed E-state index contributed by atoms with van der Waals surface area (Å²) in [6.45, 7) is 0.806. The molecule has 0 atom stereocenters. The van der Waals surface area contributed by atoms with Crippen molar-refractivity contribution in [3.63, 3.8) is 0 Å². The predicted molar refractivity (Wildman–Crippen MR) is 102 cm³/mol. The van der Waals surface area contributed by atoms with Crippen molar-refractivity contribution in [3.05, 3.63) is 84.3 Å². The lowest BCUT2D eigenvalue weighted by Gasteiger charge is -2.21. The highest BCUT2D eigenvalue weighted by Crippen LogP contribution is 2.33. The van der Waals surface area contributed by atoms with Crippen LogP contribution in [0.3, 0.4) is 0 Å². The van der Waals surface area contributed by atoms with E-state index >= 15 is 0 Å². The van der Waals surface area contributed by atoms with Crippen LogP contribution < -0.4 is 9.30 Å². The van der Waals surface area contributed by atoms with Crippen LogP contribution in [-0.2, 0) is 6.54 Å². The zero-order valence-corrected chi connectivity index (χ0v) is 15.1. The van der Waals surface area contributed by atoms with E-state index in [0.717, 1.165) is 18.2 Å². The molecule has 1 saturated carbocycles. The van der Waals surface area contributed by atoms with Gasteiger partial charge in [0.2, 0.25) is 6.20 Å². The molecule has 0 saturated heterocycles. The summed E-state index contributed by atoms with van der Waals surface area (Å²) < 4.78 is 8.06. The van der Waals surface area contributed by atoms with Crippen molar-refractivity contribution < 1.29 is 9.30 Å². The van der Waals surface area contributed by atoms with E-state index in [4.69, 9.17) is 4.74 Å². The second-order valence-electron chi connectivity index (χ2n) is 7.06. The van der Waals surface area contributed by atoms with Crippen LogP contribution in [0.2, 0.25) is 0 Å². The Hall–Kier alpha value is -2.68. The molecule has 1 aliphatic rings. The molecule has 0 unspecified atom stereocenters. The maximum atomic E-state index is 5.97. The van der Waals surface area contributed by atoms with Crippen molar-refractivity contribution >= 4 is 0 Å². The number of hydrogen-bond donors (Lipinski definition) is 0. The van der Waals surface area contributed by atoms with Crippen LogP contribution in [0, 0.1) is 0 Å². The molecule has 3 aromatic rings. The van der Waals surface area contributed by atoms with Gasteiger partial charge < -0.3 is 4.74 Å². The monoisotopic (exact) mass is 345 g/mol. The van der Waals surface area contributed by atoms with E-state index in [1.54, 1.807) is 6.20 Å². The van der Waals surface area contributed by atoms with Crippen molar-refractivity contribution in [1.82, 2.24) is 4.98 Å². The molecule has 4 rings (SSSR count). The lowest BCUT2D eigenvalue weighted by atomic mass is 9.84. The second kappa shape index (κ2) is 8.13. The van der Waals surface area contributed by atoms with E-state index in [1.807, 2.05) is 18.5 Å². The third kappa shape index (κ3) is 4.29.